The second-order valence-electron chi connectivity index (χ2n) is 13.1. The molecule has 0 aromatic heterocycles. The van der Waals surface area contributed by atoms with Gasteiger partial charge < -0.3 is 18.9 Å². The molecular weight excluding hydrogens is 491 g/mol. The minimum Gasteiger partial charge on any atom is -0.403 e. The molecule has 9 heteroatoms. The summed E-state index contributed by atoms with van der Waals surface area (Å²) in [4.78, 5) is 5.65. The summed E-state index contributed by atoms with van der Waals surface area (Å²) in [6.45, 7) is 16.3. The summed E-state index contributed by atoms with van der Waals surface area (Å²) in [6.07, 6.45) is 8.83. The summed E-state index contributed by atoms with van der Waals surface area (Å²) >= 11 is 0. The summed E-state index contributed by atoms with van der Waals surface area (Å²) in [7, 11) is -0.281. The topological polar surface area (TPSA) is 79.7 Å². The molecule has 0 aliphatic carbocycles. The third-order valence-corrected chi connectivity index (χ3v) is 13.0. The van der Waals surface area contributed by atoms with Gasteiger partial charge in [-0.15, -0.1) is 0 Å². The molecule has 212 valence electrons. The zero-order chi connectivity index (χ0) is 27.8. The van der Waals surface area contributed by atoms with Gasteiger partial charge in [0.15, 0.2) is 0 Å². The van der Waals surface area contributed by atoms with Gasteiger partial charge in [-0.3, -0.25) is 0 Å². The largest absolute Gasteiger partial charge is 0.458 e. The number of likely N-dealkylation sites (tertiary alicyclic amines) is 1. The van der Waals surface area contributed by atoms with Gasteiger partial charge >= 0.3 is 7.12 Å². The Morgan fingerprint density at radius 3 is 2.45 bits per heavy atom. The second-order valence-corrected chi connectivity index (χ2v) is 18.1. The number of benzene rings is 1. The van der Waals surface area contributed by atoms with E-state index < -0.39 is 8.07 Å². The lowest BCUT2D eigenvalue weighted by molar-refractivity contribution is 0.00578. The SMILES string of the molecule is COC[C@@H]1CCCN1C[Si](C)(C)[C@@H](B1OC(C)(C)C(C)(C)O1)[C@H](CCCCN=[N+]=[N-])CCc1ccccc1. The van der Waals surface area contributed by atoms with Gasteiger partial charge in [-0.25, -0.2) is 0 Å². The van der Waals surface area contributed by atoms with Gasteiger partial charge in [-0.1, -0.05) is 61.4 Å². The fourth-order valence-electron chi connectivity index (χ4n) is 6.51. The Hall–Kier alpha value is -1.35. The highest BCUT2D eigenvalue weighted by molar-refractivity contribution is 6.88. The number of azide groups is 1. The number of aryl methyl sites for hydroxylation is 1. The Labute approximate surface area is 232 Å². The molecular formula is C29H51BN4O3Si. The van der Waals surface area contributed by atoms with Crippen LogP contribution in [0.3, 0.4) is 0 Å². The molecule has 0 amide bonds. The maximum Gasteiger partial charge on any atom is 0.458 e. The Balaban J connectivity index is 1.90. The predicted molar refractivity (Wildman–Crippen MR) is 160 cm³/mol. The van der Waals surface area contributed by atoms with E-state index in [0.717, 1.165) is 51.4 Å². The molecule has 1 aromatic carbocycles. The van der Waals surface area contributed by atoms with E-state index in [4.69, 9.17) is 19.6 Å². The van der Waals surface area contributed by atoms with E-state index >= 15 is 0 Å². The fourth-order valence-corrected chi connectivity index (χ4v) is 10.7. The van der Waals surface area contributed by atoms with Crippen molar-refractivity contribution in [1.82, 2.24) is 4.90 Å². The van der Waals surface area contributed by atoms with Crippen molar-refractivity contribution < 1.29 is 14.0 Å². The molecule has 0 spiro atoms. The molecule has 38 heavy (non-hydrogen) atoms. The van der Waals surface area contributed by atoms with Crippen LogP contribution in [0.5, 0.6) is 0 Å². The Morgan fingerprint density at radius 2 is 1.82 bits per heavy atom. The molecule has 2 aliphatic rings. The van der Waals surface area contributed by atoms with Crippen molar-refractivity contribution in [2.75, 3.05) is 33.0 Å². The number of methoxy groups -OCH3 is 1. The van der Waals surface area contributed by atoms with Crippen LogP contribution in [0.15, 0.2) is 35.4 Å². The first kappa shape index (κ1) is 31.2. The molecule has 3 atom stereocenters. The number of hydrogen-bond donors (Lipinski definition) is 0. The summed E-state index contributed by atoms with van der Waals surface area (Å²) in [6, 6.07) is 11.4. The quantitative estimate of drug-likeness (QED) is 0.0780. The van der Waals surface area contributed by atoms with Crippen LogP contribution < -0.4 is 0 Å². The van der Waals surface area contributed by atoms with Crippen molar-refractivity contribution in [3.63, 3.8) is 0 Å². The molecule has 1 aromatic rings. The van der Waals surface area contributed by atoms with Crippen molar-refractivity contribution in [1.29, 1.82) is 0 Å². The van der Waals surface area contributed by atoms with Crippen molar-refractivity contribution in [2.45, 2.75) is 108 Å². The van der Waals surface area contributed by atoms with Gasteiger partial charge in [-0.2, -0.15) is 0 Å². The van der Waals surface area contributed by atoms with Crippen molar-refractivity contribution in [3.8, 4) is 0 Å². The molecule has 2 fully saturated rings. The summed E-state index contributed by atoms with van der Waals surface area (Å²) in [5.41, 5.74) is 9.78. The van der Waals surface area contributed by atoms with Gasteiger partial charge in [0.05, 0.1) is 25.9 Å². The molecule has 0 bridgehead atoms. The first-order valence-corrected chi connectivity index (χ1v) is 17.9. The van der Waals surface area contributed by atoms with Crippen LogP contribution in [0.4, 0.5) is 0 Å². The zero-order valence-electron chi connectivity index (χ0n) is 25.0. The minimum absolute atomic E-state index is 0.206. The lowest BCUT2D eigenvalue weighted by Gasteiger charge is -2.42. The highest BCUT2D eigenvalue weighted by Gasteiger charge is 2.58. The molecule has 2 heterocycles. The smallest absolute Gasteiger partial charge is 0.403 e. The Kier molecular flexibility index (Phi) is 11.3. The predicted octanol–water partition coefficient (Wildman–Crippen LogP) is 7.08. The Morgan fingerprint density at radius 1 is 1.13 bits per heavy atom. The lowest BCUT2D eigenvalue weighted by Crippen LogP contribution is -2.55. The normalized spacial score (nSPS) is 22.8. The average molecular weight is 543 g/mol. The van der Waals surface area contributed by atoms with Gasteiger partial charge in [-0.05, 0) is 95.0 Å². The maximum atomic E-state index is 8.73. The molecule has 7 nitrogen and oxygen atoms in total. The van der Waals surface area contributed by atoms with Gasteiger partial charge in [0, 0.05) is 24.6 Å². The van der Waals surface area contributed by atoms with Crippen molar-refractivity contribution in [2.24, 2.45) is 11.0 Å². The molecule has 0 saturated carbocycles. The van der Waals surface area contributed by atoms with E-state index in [9.17, 15) is 0 Å². The number of hydrogen-bond acceptors (Lipinski definition) is 5. The van der Waals surface area contributed by atoms with E-state index in [0.29, 0.717) is 23.9 Å². The van der Waals surface area contributed by atoms with E-state index in [1.807, 2.05) is 7.11 Å². The highest BCUT2D eigenvalue weighted by Crippen LogP contribution is 2.47. The van der Waals surface area contributed by atoms with Crippen LogP contribution in [0, 0.1) is 5.92 Å². The number of ether oxygens (including phenoxy) is 1. The van der Waals surface area contributed by atoms with Crippen LogP contribution >= 0.6 is 0 Å². The maximum absolute atomic E-state index is 8.73. The van der Waals surface area contributed by atoms with Crippen molar-refractivity contribution in [3.05, 3.63) is 46.3 Å². The molecule has 0 unspecified atom stereocenters. The standard InChI is InChI=1S/C29H51BN4O3Si/c1-28(2)29(3,4)37-30(36-28)27(38(6,7)23-34-21-13-17-26(34)22-35-5)25(16-11-12-20-32-33-31)19-18-24-14-9-8-10-15-24/h8-10,14-15,25-27H,11-13,16-23H2,1-7H3/t25-,26+,27-/m1/s1. The molecule has 2 saturated heterocycles. The fraction of sp³-hybridized carbons (Fsp3) is 0.793. The van der Waals surface area contributed by atoms with Crippen LogP contribution in [-0.2, 0) is 20.5 Å². The van der Waals surface area contributed by atoms with E-state index in [-0.39, 0.29) is 18.3 Å². The van der Waals surface area contributed by atoms with E-state index in [2.05, 4.69) is 86.0 Å². The second kappa shape index (κ2) is 13.8. The number of rotatable bonds is 15. The third-order valence-electron chi connectivity index (χ3n) is 9.24. The lowest BCUT2D eigenvalue weighted by atomic mass is 9.72. The average Bonchev–Trinajstić information content (AvgIpc) is 3.36. The molecule has 0 radical (unpaired) electrons. The van der Waals surface area contributed by atoms with Crippen LogP contribution in [0.2, 0.25) is 18.5 Å². The first-order chi connectivity index (χ1) is 18.0. The van der Waals surface area contributed by atoms with E-state index in [1.165, 1.54) is 18.4 Å². The molecule has 0 N–H and O–H groups in total. The van der Waals surface area contributed by atoms with E-state index in [1.54, 1.807) is 0 Å². The Bertz CT molecular complexity index is 894. The zero-order valence-corrected chi connectivity index (χ0v) is 26.0. The van der Waals surface area contributed by atoms with Crippen LogP contribution in [-0.4, -0.2) is 70.3 Å². The minimum atomic E-state index is -1.90. The van der Waals surface area contributed by atoms with Gasteiger partial charge in [0.25, 0.3) is 0 Å². The molecule has 2 aliphatic heterocycles. The molecule has 3 rings (SSSR count). The number of unbranched alkanes of at least 4 members (excludes halogenated alkanes) is 1. The summed E-state index contributed by atoms with van der Waals surface area (Å²) < 4.78 is 19.3. The number of nitrogens with zero attached hydrogens (tertiary/aromatic N) is 4. The monoisotopic (exact) mass is 542 g/mol. The van der Waals surface area contributed by atoms with Gasteiger partial charge in [0.1, 0.15) is 0 Å². The van der Waals surface area contributed by atoms with Crippen LogP contribution in [0.25, 0.3) is 10.4 Å². The van der Waals surface area contributed by atoms with Crippen LogP contribution in [0.1, 0.15) is 71.8 Å². The third kappa shape index (κ3) is 8.09. The van der Waals surface area contributed by atoms with Gasteiger partial charge in [0.2, 0.25) is 0 Å². The summed E-state index contributed by atoms with van der Waals surface area (Å²) in [5, 5.41) is 3.79. The van der Waals surface area contributed by atoms with Crippen molar-refractivity contribution >= 4 is 15.2 Å². The highest BCUT2D eigenvalue weighted by atomic mass is 28.3. The first-order valence-electron chi connectivity index (χ1n) is 14.6. The summed E-state index contributed by atoms with van der Waals surface area (Å²) in [5.74, 6) is 0.473.